The zero-order chi connectivity index (χ0) is 13.9. The summed E-state index contributed by atoms with van der Waals surface area (Å²) in [6.45, 7) is 4.35. The topological polar surface area (TPSA) is 55.8 Å². The Morgan fingerprint density at radius 2 is 2.16 bits per heavy atom. The summed E-state index contributed by atoms with van der Waals surface area (Å²) in [6, 6.07) is 8.02. The monoisotopic (exact) mass is 264 g/mol. The molecular formula is C15H20O4. The fourth-order valence-electron chi connectivity index (χ4n) is 2.35. The zero-order valence-corrected chi connectivity index (χ0v) is 11.4. The third-order valence-electron chi connectivity index (χ3n) is 3.25. The minimum absolute atomic E-state index is 0.0592. The van der Waals surface area contributed by atoms with Crippen molar-refractivity contribution >= 4 is 5.97 Å². The summed E-state index contributed by atoms with van der Waals surface area (Å²) in [5.74, 6) is -1.29. The van der Waals surface area contributed by atoms with Crippen LogP contribution < -0.4 is 0 Å². The van der Waals surface area contributed by atoms with Crippen LogP contribution in [0.3, 0.4) is 0 Å². The predicted molar refractivity (Wildman–Crippen MR) is 70.9 cm³/mol. The van der Waals surface area contributed by atoms with Gasteiger partial charge in [0.2, 0.25) is 0 Å². The molecule has 1 N–H and O–H groups in total. The summed E-state index contributed by atoms with van der Waals surface area (Å²) in [5.41, 5.74) is 2.26. The molecule has 0 spiro atoms. The number of hydrogen-bond acceptors (Lipinski definition) is 3. The van der Waals surface area contributed by atoms with Gasteiger partial charge in [-0.1, -0.05) is 24.3 Å². The third-order valence-corrected chi connectivity index (χ3v) is 3.25. The minimum atomic E-state index is -0.751. The normalized spacial score (nSPS) is 21.5. The maximum Gasteiger partial charge on any atom is 0.303 e. The molecule has 4 nitrogen and oxygen atoms in total. The summed E-state index contributed by atoms with van der Waals surface area (Å²) < 4.78 is 11.5. The Balaban J connectivity index is 2.06. The highest BCUT2D eigenvalue weighted by Gasteiger charge is 2.34. The van der Waals surface area contributed by atoms with Crippen LogP contribution in [-0.2, 0) is 20.7 Å². The molecule has 1 aromatic carbocycles. The Hall–Kier alpha value is -1.39. The maximum absolute atomic E-state index is 10.6. The third kappa shape index (κ3) is 3.78. The number of aliphatic carboxylic acids is 1. The molecule has 1 fully saturated rings. The van der Waals surface area contributed by atoms with Gasteiger partial charge in [-0.3, -0.25) is 4.79 Å². The van der Waals surface area contributed by atoms with Crippen molar-refractivity contribution in [2.45, 2.75) is 45.0 Å². The van der Waals surface area contributed by atoms with Crippen molar-refractivity contribution in [3.63, 3.8) is 0 Å². The van der Waals surface area contributed by atoms with Gasteiger partial charge in [0, 0.05) is 6.42 Å². The van der Waals surface area contributed by atoms with Crippen LogP contribution in [0.5, 0.6) is 0 Å². The highest BCUT2D eigenvalue weighted by Crippen LogP contribution is 2.34. The summed E-state index contributed by atoms with van der Waals surface area (Å²) in [4.78, 5) is 10.6. The van der Waals surface area contributed by atoms with E-state index in [9.17, 15) is 4.79 Å². The number of carboxylic acid groups (broad SMARTS) is 1. The first-order valence-corrected chi connectivity index (χ1v) is 6.59. The molecule has 0 amide bonds. The van der Waals surface area contributed by atoms with E-state index in [0.29, 0.717) is 13.0 Å². The lowest BCUT2D eigenvalue weighted by Crippen LogP contribution is -2.19. The Kier molecular flexibility index (Phi) is 4.22. The lowest BCUT2D eigenvalue weighted by molar-refractivity contribution is -0.139. The van der Waals surface area contributed by atoms with Gasteiger partial charge < -0.3 is 14.6 Å². The smallest absolute Gasteiger partial charge is 0.303 e. The molecule has 4 heteroatoms. The fourth-order valence-corrected chi connectivity index (χ4v) is 2.35. The Morgan fingerprint density at radius 3 is 2.79 bits per heavy atom. The first-order chi connectivity index (χ1) is 8.98. The van der Waals surface area contributed by atoms with E-state index in [2.05, 4.69) is 0 Å². The van der Waals surface area contributed by atoms with Gasteiger partial charge in [-0.25, -0.2) is 0 Å². The van der Waals surface area contributed by atoms with Crippen LogP contribution in [0.2, 0.25) is 0 Å². The van der Waals surface area contributed by atoms with Crippen molar-refractivity contribution < 1.29 is 19.4 Å². The van der Waals surface area contributed by atoms with Gasteiger partial charge in [0.05, 0.1) is 6.61 Å². The highest BCUT2D eigenvalue weighted by molar-refractivity contribution is 5.66. The van der Waals surface area contributed by atoms with Crippen molar-refractivity contribution in [3.05, 3.63) is 35.4 Å². The first kappa shape index (κ1) is 14.0. The van der Waals surface area contributed by atoms with E-state index >= 15 is 0 Å². The second-order valence-corrected chi connectivity index (χ2v) is 5.26. The molecule has 0 bridgehead atoms. The Bertz CT molecular complexity index is 453. The van der Waals surface area contributed by atoms with Gasteiger partial charge in [-0.15, -0.1) is 0 Å². The van der Waals surface area contributed by atoms with Crippen LogP contribution in [-0.4, -0.2) is 23.5 Å². The van der Waals surface area contributed by atoms with Gasteiger partial charge >= 0.3 is 5.97 Å². The summed E-state index contributed by atoms with van der Waals surface area (Å²) in [7, 11) is 0. The first-order valence-electron chi connectivity index (χ1n) is 6.59. The molecule has 1 unspecified atom stereocenters. The van der Waals surface area contributed by atoms with Crippen LogP contribution in [0, 0.1) is 0 Å². The SMILES string of the molecule is CC1(C)OCC(c2ccccc2CCCC(=O)O)O1. The zero-order valence-electron chi connectivity index (χ0n) is 11.4. The summed E-state index contributed by atoms with van der Waals surface area (Å²) in [6.07, 6.45) is 1.53. The molecule has 0 aliphatic carbocycles. The molecule has 2 rings (SSSR count). The highest BCUT2D eigenvalue weighted by atomic mass is 16.7. The van der Waals surface area contributed by atoms with Gasteiger partial charge in [-0.05, 0) is 37.8 Å². The second kappa shape index (κ2) is 5.72. The van der Waals surface area contributed by atoms with E-state index in [1.165, 1.54) is 0 Å². The van der Waals surface area contributed by atoms with Gasteiger partial charge in [-0.2, -0.15) is 0 Å². The largest absolute Gasteiger partial charge is 0.481 e. The van der Waals surface area contributed by atoms with Crippen molar-refractivity contribution in [3.8, 4) is 0 Å². The van der Waals surface area contributed by atoms with Crippen LogP contribution >= 0.6 is 0 Å². The minimum Gasteiger partial charge on any atom is -0.481 e. The quantitative estimate of drug-likeness (QED) is 0.888. The molecule has 1 atom stereocenters. The molecule has 1 saturated heterocycles. The van der Waals surface area contributed by atoms with Crippen LogP contribution in [0.4, 0.5) is 0 Å². The lowest BCUT2D eigenvalue weighted by Gasteiger charge is -2.18. The molecule has 1 aromatic rings. The maximum atomic E-state index is 10.6. The van der Waals surface area contributed by atoms with Gasteiger partial charge in [0.1, 0.15) is 6.10 Å². The van der Waals surface area contributed by atoms with Crippen LogP contribution in [0.15, 0.2) is 24.3 Å². The van der Waals surface area contributed by atoms with Crippen molar-refractivity contribution in [1.29, 1.82) is 0 Å². The standard InChI is InChI=1S/C15H20O4/c1-15(2)18-10-13(19-15)12-8-4-3-6-11(12)7-5-9-14(16)17/h3-4,6,8,13H,5,7,9-10H2,1-2H3,(H,16,17). The number of carbonyl (C=O) groups is 1. The molecule has 19 heavy (non-hydrogen) atoms. The summed E-state index contributed by atoms with van der Waals surface area (Å²) in [5, 5.41) is 8.70. The van der Waals surface area contributed by atoms with E-state index in [0.717, 1.165) is 17.5 Å². The molecule has 0 saturated carbocycles. The van der Waals surface area contributed by atoms with Crippen molar-refractivity contribution in [2.75, 3.05) is 6.61 Å². The number of ether oxygens (including phenoxy) is 2. The van der Waals surface area contributed by atoms with E-state index < -0.39 is 11.8 Å². The van der Waals surface area contributed by atoms with E-state index in [-0.39, 0.29) is 12.5 Å². The average Bonchev–Trinajstić information content (AvgIpc) is 2.70. The number of rotatable bonds is 5. The number of carboxylic acids is 1. The average molecular weight is 264 g/mol. The van der Waals surface area contributed by atoms with Gasteiger partial charge in [0.15, 0.2) is 5.79 Å². The molecular weight excluding hydrogens is 244 g/mol. The van der Waals surface area contributed by atoms with Crippen LogP contribution in [0.25, 0.3) is 0 Å². The summed E-state index contributed by atoms with van der Waals surface area (Å²) >= 11 is 0. The van der Waals surface area contributed by atoms with Crippen LogP contribution in [0.1, 0.15) is 43.9 Å². The molecule has 0 aromatic heterocycles. The van der Waals surface area contributed by atoms with E-state index in [4.69, 9.17) is 14.6 Å². The molecule has 1 heterocycles. The number of hydrogen-bond donors (Lipinski definition) is 1. The lowest BCUT2D eigenvalue weighted by atomic mass is 9.98. The number of benzene rings is 1. The fraction of sp³-hybridized carbons (Fsp3) is 0.533. The number of aryl methyl sites for hydroxylation is 1. The molecule has 1 aliphatic heterocycles. The molecule has 0 radical (unpaired) electrons. The van der Waals surface area contributed by atoms with E-state index in [1.54, 1.807) is 0 Å². The Labute approximate surface area is 113 Å². The molecule has 104 valence electrons. The second-order valence-electron chi connectivity index (χ2n) is 5.26. The van der Waals surface area contributed by atoms with Crippen molar-refractivity contribution in [2.24, 2.45) is 0 Å². The van der Waals surface area contributed by atoms with Crippen molar-refractivity contribution in [1.82, 2.24) is 0 Å². The van der Waals surface area contributed by atoms with Gasteiger partial charge in [0.25, 0.3) is 0 Å². The predicted octanol–water partition coefficient (Wildman–Crippen LogP) is 2.92. The molecule has 1 aliphatic rings. The van der Waals surface area contributed by atoms with E-state index in [1.807, 2.05) is 38.1 Å². The Morgan fingerprint density at radius 1 is 1.42 bits per heavy atom.